The van der Waals surface area contributed by atoms with Crippen LogP contribution in [-0.4, -0.2) is 43.3 Å². The van der Waals surface area contributed by atoms with Crippen molar-refractivity contribution in [3.63, 3.8) is 0 Å². The largest absolute Gasteiger partial charge is 0.372 e. The first-order chi connectivity index (χ1) is 13.5. The number of aryl methyl sites for hydroxylation is 1. The molecule has 0 spiro atoms. The third-order valence-electron chi connectivity index (χ3n) is 4.78. The summed E-state index contributed by atoms with van der Waals surface area (Å²) in [6.45, 7) is 9.50. The summed E-state index contributed by atoms with van der Waals surface area (Å²) in [6, 6.07) is 12.7. The van der Waals surface area contributed by atoms with E-state index in [1.165, 1.54) is 11.1 Å². The van der Waals surface area contributed by atoms with Crippen molar-refractivity contribution in [3.8, 4) is 0 Å². The molecule has 0 amide bonds. The maximum absolute atomic E-state index is 5.80. The van der Waals surface area contributed by atoms with E-state index in [9.17, 15) is 0 Å². The highest BCUT2D eigenvalue weighted by Gasteiger charge is 2.22. The maximum Gasteiger partial charge on any atom is 0.191 e. The zero-order valence-electron chi connectivity index (χ0n) is 17.3. The lowest BCUT2D eigenvalue weighted by Crippen LogP contribution is -2.45. The van der Waals surface area contributed by atoms with E-state index in [4.69, 9.17) is 4.74 Å². The SMILES string of the molecule is CN=C(NCc1ccc(N2CC(C)OC(C)C2)nc1)NCc1cccc(C)c1. The van der Waals surface area contributed by atoms with Gasteiger partial charge in [-0.05, 0) is 38.0 Å². The highest BCUT2D eigenvalue weighted by molar-refractivity contribution is 5.79. The van der Waals surface area contributed by atoms with E-state index in [0.29, 0.717) is 6.54 Å². The number of morpholine rings is 1. The summed E-state index contributed by atoms with van der Waals surface area (Å²) in [5.74, 6) is 1.79. The zero-order chi connectivity index (χ0) is 19.9. The molecular weight excluding hydrogens is 350 g/mol. The molecule has 1 aliphatic heterocycles. The molecule has 2 N–H and O–H groups in total. The van der Waals surface area contributed by atoms with Gasteiger partial charge in [-0.3, -0.25) is 4.99 Å². The lowest BCUT2D eigenvalue weighted by Gasteiger charge is -2.36. The van der Waals surface area contributed by atoms with Crippen molar-refractivity contribution in [1.82, 2.24) is 15.6 Å². The fraction of sp³-hybridized carbons (Fsp3) is 0.455. The van der Waals surface area contributed by atoms with Gasteiger partial charge in [-0.15, -0.1) is 0 Å². The molecule has 6 nitrogen and oxygen atoms in total. The van der Waals surface area contributed by atoms with E-state index < -0.39 is 0 Å². The van der Waals surface area contributed by atoms with Crippen LogP contribution in [0.25, 0.3) is 0 Å². The van der Waals surface area contributed by atoms with Crippen molar-refractivity contribution >= 4 is 11.8 Å². The van der Waals surface area contributed by atoms with Crippen molar-refractivity contribution in [2.45, 2.75) is 46.1 Å². The number of hydrogen-bond donors (Lipinski definition) is 2. The quantitative estimate of drug-likeness (QED) is 0.616. The molecule has 1 aromatic carbocycles. The van der Waals surface area contributed by atoms with Crippen LogP contribution in [0.15, 0.2) is 47.6 Å². The molecule has 1 aliphatic rings. The number of pyridine rings is 1. The highest BCUT2D eigenvalue weighted by atomic mass is 16.5. The third kappa shape index (κ3) is 5.70. The lowest BCUT2D eigenvalue weighted by molar-refractivity contribution is -0.00545. The van der Waals surface area contributed by atoms with Gasteiger partial charge >= 0.3 is 0 Å². The average molecular weight is 382 g/mol. The van der Waals surface area contributed by atoms with Gasteiger partial charge in [0, 0.05) is 39.4 Å². The molecule has 2 heterocycles. The second-order valence-electron chi connectivity index (χ2n) is 7.46. The summed E-state index contributed by atoms with van der Waals surface area (Å²) in [5, 5.41) is 6.70. The van der Waals surface area contributed by atoms with Crippen LogP contribution in [0.2, 0.25) is 0 Å². The molecule has 1 saturated heterocycles. The molecule has 6 heteroatoms. The number of aliphatic imine (C=N–C) groups is 1. The molecule has 0 radical (unpaired) electrons. The van der Waals surface area contributed by atoms with E-state index in [0.717, 1.165) is 37.0 Å². The number of guanidine groups is 1. The van der Waals surface area contributed by atoms with Gasteiger partial charge in [-0.2, -0.15) is 0 Å². The standard InChI is InChI=1S/C22H31N5O/c1-16-6-5-7-19(10-16)11-25-22(23-4)26-13-20-8-9-21(24-12-20)27-14-17(2)28-18(3)15-27/h5-10,12,17-18H,11,13-15H2,1-4H3,(H2,23,25,26). The van der Waals surface area contributed by atoms with Gasteiger partial charge in [-0.25, -0.2) is 4.98 Å². The molecule has 0 bridgehead atoms. The summed E-state index contributed by atoms with van der Waals surface area (Å²) in [4.78, 5) is 11.2. The number of ether oxygens (including phenoxy) is 1. The van der Waals surface area contributed by atoms with E-state index in [-0.39, 0.29) is 12.2 Å². The van der Waals surface area contributed by atoms with E-state index in [2.05, 4.69) is 82.7 Å². The van der Waals surface area contributed by atoms with Crippen molar-refractivity contribution < 1.29 is 4.74 Å². The Kier molecular flexibility index (Phi) is 6.87. The van der Waals surface area contributed by atoms with Crippen LogP contribution in [-0.2, 0) is 17.8 Å². The number of rotatable bonds is 5. The molecule has 150 valence electrons. The Morgan fingerprint density at radius 1 is 1.11 bits per heavy atom. The van der Waals surface area contributed by atoms with Crippen LogP contribution >= 0.6 is 0 Å². The van der Waals surface area contributed by atoms with Gasteiger partial charge < -0.3 is 20.3 Å². The van der Waals surface area contributed by atoms with Crippen LogP contribution in [0.3, 0.4) is 0 Å². The Hall–Kier alpha value is -2.60. The molecule has 2 unspecified atom stereocenters. The summed E-state index contributed by atoms with van der Waals surface area (Å²) in [7, 11) is 1.79. The van der Waals surface area contributed by atoms with E-state index in [1.807, 2.05) is 6.20 Å². The fourth-order valence-corrected chi connectivity index (χ4v) is 3.49. The van der Waals surface area contributed by atoms with Gasteiger partial charge in [0.25, 0.3) is 0 Å². The molecule has 0 saturated carbocycles. The molecule has 1 fully saturated rings. The summed E-state index contributed by atoms with van der Waals surface area (Å²) in [6.07, 6.45) is 2.39. The number of anilines is 1. The average Bonchev–Trinajstić information content (AvgIpc) is 2.68. The van der Waals surface area contributed by atoms with Crippen molar-refractivity contribution in [1.29, 1.82) is 0 Å². The number of nitrogens with zero attached hydrogens (tertiary/aromatic N) is 3. The molecule has 0 aliphatic carbocycles. The summed E-state index contributed by atoms with van der Waals surface area (Å²) in [5.41, 5.74) is 3.62. The summed E-state index contributed by atoms with van der Waals surface area (Å²) < 4.78 is 5.80. The molecule has 2 aromatic rings. The Bertz CT molecular complexity index is 780. The van der Waals surface area contributed by atoms with Gasteiger partial charge in [0.05, 0.1) is 12.2 Å². The highest BCUT2D eigenvalue weighted by Crippen LogP contribution is 2.18. The molecule has 2 atom stereocenters. The van der Waals surface area contributed by atoms with Crippen LogP contribution in [0.1, 0.15) is 30.5 Å². The number of hydrogen-bond acceptors (Lipinski definition) is 4. The first kappa shape index (κ1) is 20.1. The monoisotopic (exact) mass is 381 g/mol. The number of nitrogens with one attached hydrogen (secondary N) is 2. The normalized spacial score (nSPS) is 20.1. The van der Waals surface area contributed by atoms with Crippen LogP contribution < -0.4 is 15.5 Å². The van der Waals surface area contributed by atoms with Gasteiger partial charge in [0.1, 0.15) is 5.82 Å². The van der Waals surface area contributed by atoms with Crippen molar-refractivity contribution in [2.75, 3.05) is 25.0 Å². The number of aromatic nitrogens is 1. The smallest absolute Gasteiger partial charge is 0.191 e. The first-order valence-corrected chi connectivity index (χ1v) is 9.89. The summed E-state index contributed by atoms with van der Waals surface area (Å²) >= 11 is 0. The predicted molar refractivity (Wildman–Crippen MR) is 115 cm³/mol. The molecular formula is C22H31N5O. The van der Waals surface area contributed by atoms with Gasteiger partial charge in [0.2, 0.25) is 0 Å². The molecule has 3 rings (SSSR count). The van der Waals surface area contributed by atoms with Crippen LogP contribution in [0, 0.1) is 6.92 Å². The Labute approximate surface area is 168 Å². The third-order valence-corrected chi connectivity index (χ3v) is 4.78. The minimum Gasteiger partial charge on any atom is -0.372 e. The van der Waals surface area contributed by atoms with Crippen LogP contribution in [0.4, 0.5) is 5.82 Å². The second kappa shape index (κ2) is 9.55. The second-order valence-corrected chi connectivity index (χ2v) is 7.46. The van der Waals surface area contributed by atoms with Crippen molar-refractivity contribution in [3.05, 3.63) is 59.3 Å². The Balaban J connectivity index is 1.50. The molecule has 1 aromatic heterocycles. The predicted octanol–water partition coefficient (Wildman–Crippen LogP) is 2.87. The molecule has 28 heavy (non-hydrogen) atoms. The lowest BCUT2D eigenvalue weighted by atomic mass is 10.1. The zero-order valence-corrected chi connectivity index (χ0v) is 17.3. The first-order valence-electron chi connectivity index (χ1n) is 9.89. The minimum absolute atomic E-state index is 0.231. The van der Waals surface area contributed by atoms with Crippen LogP contribution in [0.5, 0.6) is 0 Å². The van der Waals surface area contributed by atoms with E-state index in [1.54, 1.807) is 7.05 Å². The van der Waals surface area contributed by atoms with Gasteiger partial charge in [0.15, 0.2) is 5.96 Å². The van der Waals surface area contributed by atoms with Crippen molar-refractivity contribution in [2.24, 2.45) is 4.99 Å². The minimum atomic E-state index is 0.231. The van der Waals surface area contributed by atoms with E-state index >= 15 is 0 Å². The topological polar surface area (TPSA) is 61.8 Å². The Morgan fingerprint density at radius 3 is 2.43 bits per heavy atom. The fourth-order valence-electron chi connectivity index (χ4n) is 3.49. The Morgan fingerprint density at radius 2 is 1.82 bits per heavy atom. The van der Waals surface area contributed by atoms with Gasteiger partial charge in [-0.1, -0.05) is 35.9 Å². The maximum atomic E-state index is 5.80. The number of benzene rings is 1.